The lowest BCUT2D eigenvalue weighted by atomic mass is 9.69. The number of hydrogen-bond donors (Lipinski definition) is 0. The quantitative estimate of drug-likeness (QED) is 0.333. The van der Waals surface area contributed by atoms with Gasteiger partial charge in [-0.2, -0.15) is 8.78 Å². The van der Waals surface area contributed by atoms with Crippen LogP contribution in [0.2, 0.25) is 0 Å². The van der Waals surface area contributed by atoms with Crippen LogP contribution in [0.5, 0.6) is 11.5 Å². The van der Waals surface area contributed by atoms with Gasteiger partial charge in [0.2, 0.25) is 0 Å². The second kappa shape index (κ2) is 8.15. The number of benzene rings is 1. The number of hydrogen-bond acceptors (Lipinski definition) is 3. The predicted molar refractivity (Wildman–Crippen MR) is 100 cm³/mol. The first kappa shape index (κ1) is 20.1. The molecule has 0 spiro atoms. The topological polar surface area (TPSA) is 35.5 Å². The molecule has 0 amide bonds. The van der Waals surface area contributed by atoms with E-state index in [1.807, 2.05) is 6.07 Å². The fourth-order valence-corrected chi connectivity index (χ4v) is 4.43. The van der Waals surface area contributed by atoms with Gasteiger partial charge in [-0.05, 0) is 49.3 Å². The SMILES string of the molecule is CCCCCc1cc(OC(=O)CC)c2c(c1)OC(F)(F)C1CCC(C)CC21. The third kappa shape index (κ3) is 4.27. The zero-order valence-electron chi connectivity index (χ0n) is 16.5. The first-order valence-corrected chi connectivity index (χ1v) is 10.3. The van der Waals surface area contributed by atoms with Crippen molar-refractivity contribution in [3.8, 4) is 11.5 Å². The lowest BCUT2D eigenvalue weighted by molar-refractivity contribution is -0.237. The van der Waals surface area contributed by atoms with Gasteiger partial charge in [-0.1, -0.05) is 40.0 Å². The highest BCUT2D eigenvalue weighted by Crippen LogP contribution is 2.56. The van der Waals surface area contributed by atoms with E-state index < -0.39 is 12.0 Å². The third-order valence-corrected chi connectivity index (χ3v) is 5.91. The van der Waals surface area contributed by atoms with Gasteiger partial charge in [0, 0.05) is 17.9 Å². The smallest absolute Gasteiger partial charge is 0.401 e. The summed E-state index contributed by atoms with van der Waals surface area (Å²) in [7, 11) is 0. The second-order valence-corrected chi connectivity index (χ2v) is 8.09. The van der Waals surface area contributed by atoms with Crippen LogP contribution in [0.25, 0.3) is 0 Å². The highest BCUT2D eigenvalue weighted by Gasteiger charge is 2.54. The normalized spacial score (nSPS) is 25.9. The van der Waals surface area contributed by atoms with Crippen molar-refractivity contribution in [2.24, 2.45) is 11.8 Å². The number of unbranched alkanes of at least 4 members (excludes halogenated alkanes) is 2. The van der Waals surface area contributed by atoms with E-state index in [2.05, 4.69) is 13.8 Å². The number of halogens is 2. The lowest BCUT2D eigenvalue weighted by Crippen LogP contribution is -2.44. The molecule has 3 unspecified atom stereocenters. The molecule has 3 nitrogen and oxygen atoms in total. The molecule has 0 saturated heterocycles. The van der Waals surface area contributed by atoms with E-state index >= 15 is 0 Å². The molecule has 1 heterocycles. The number of carbonyl (C=O) groups excluding carboxylic acids is 1. The molecule has 0 aromatic heterocycles. The van der Waals surface area contributed by atoms with Gasteiger partial charge in [0.1, 0.15) is 11.5 Å². The van der Waals surface area contributed by atoms with Crippen molar-refractivity contribution in [2.45, 2.75) is 84.2 Å². The summed E-state index contributed by atoms with van der Waals surface area (Å²) in [6, 6.07) is 3.60. The standard InChI is InChI=1S/C22H30F2O3/c1-4-6-7-8-15-12-18(26-20(25)5-2)21-16-11-14(3)9-10-17(16)22(23,24)27-19(21)13-15/h12-14,16-17H,4-11H2,1-3H3. The Hall–Kier alpha value is -1.65. The van der Waals surface area contributed by atoms with Crippen LogP contribution < -0.4 is 9.47 Å². The van der Waals surface area contributed by atoms with E-state index in [1.165, 1.54) is 0 Å². The first-order chi connectivity index (χ1) is 12.9. The molecule has 1 aromatic rings. The molecule has 0 radical (unpaired) electrons. The van der Waals surface area contributed by atoms with Crippen LogP contribution in [0, 0.1) is 11.8 Å². The van der Waals surface area contributed by atoms with Gasteiger partial charge in [-0.3, -0.25) is 4.79 Å². The van der Waals surface area contributed by atoms with Crippen LogP contribution in [-0.4, -0.2) is 12.1 Å². The van der Waals surface area contributed by atoms with Crippen molar-refractivity contribution in [1.29, 1.82) is 0 Å². The van der Waals surface area contributed by atoms with Crippen LogP contribution in [0.1, 0.15) is 82.8 Å². The fourth-order valence-electron chi connectivity index (χ4n) is 4.43. The minimum absolute atomic E-state index is 0.197. The molecule has 27 heavy (non-hydrogen) atoms. The van der Waals surface area contributed by atoms with Gasteiger partial charge >= 0.3 is 12.1 Å². The molecule has 2 aliphatic rings. The maximum absolute atomic E-state index is 14.7. The summed E-state index contributed by atoms with van der Waals surface area (Å²) in [4.78, 5) is 12.0. The Morgan fingerprint density at radius 2 is 2.04 bits per heavy atom. The van der Waals surface area contributed by atoms with Crippen LogP contribution in [0.3, 0.4) is 0 Å². The molecule has 1 aromatic carbocycles. The minimum atomic E-state index is -3.17. The van der Waals surface area contributed by atoms with E-state index in [9.17, 15) is 13.6 Å². The van der Waals surface area contributed by atoms with Gasteiger partial charge in [0.15, 0.2) is 0 Å². The molecule has 3 rings (SSSR count). The Morgan fingerprint density at radius 3 is 2.74 bits per heavy atom. The predicted octanol–water partition coefficient (Wildman–Crippen LogP) is 6.24. The highest BCUT2D eigenvalue weighted by atomic mass is 19.3. The van der Waals surface area contributed by atoms with Crippen molar-refractivity contribution in [2.75, 3.05) is 0 Å². The van der Waals surface area contributed by atoms with Gasteiger partial charge in [-0.15, -0.1) is 0 Å². The molecule has 0 bridgehead atoms. The summed E-state index contributed by atoms with van der Waals surface area (Å²) in [6.07, 6.45) is 2.82. The molecule has 1 aliphatic heterocycles. The largest absolute Gasteiger partial charge is 0.432 e. The lowest BCUT2D eigenvalue weighted by Gasteiger charge is -2.43. The monoisotopic (exact) mass is 380 g/mol. The Balaban J connectivity index is 2.03. The molecule has 1 fully saturated rings. The maximum Gasteiger partial charge on any atom is 0.401 e. The maximum atomic E-state index is 14.7. The number of alkyl halides is 2. The summed E-state index contributed by atoms with van der Waals surface area (Å²) in [5, 5.41) is 0. The van der Waals surface area contributed by atoms with Crippen LogP contribution in [0.15, 0.2) is 12.1 Å². The molecular weight excluding hydrogens is 350 g/mol. The van der Waals surface area contributed by atoms with Crippen molar-refractivity contribution < 1.29 is 23.0 Å². The van der Waals surface area contributed by atoms with Crippen LogP contribution in [0.4, 0.5) is 8.78 Å². The summed E-state index contributed by atoms with van der Waals surface area (Å²) < 4.78 is 40.2. The van der Waals surface area contributed by atoms with Crippen molar-refractivity contribution >= 4 is 5.97 Å². The van der Waals surface area contributed by atoms with E-state index in [0.717, 1.165) is 37.7 Å². The zero-order valence-corrected chi connectivity index (χ0v) is 16.5. The molecule has 0 N–H and O–H groups in total. The Bertz CT molecular complexity index is 686. The number of fused-ring (bicyclic) bond motifs is 3. The van der Waals surface area contributed by atoms with Gasteiger partial charge in [0.05, 0.1) is 5.92 Å². The van der Waals surface area contributed by atoms with E-state index in [-0.39, 0.29) is 24.1 Å². The number of aryl methyl sites for hydroxylation is 1. The summed E-state index contributed by atoms with van der Waals surface area (Å²) in [5.41, 5.74) is 1.55. The van der Waals surface area contributed by atoms with Crippen molar-refractivity contribution in [3.05, 3.63) is 23.3 Å². The molecule has 150 valence electrons. The number of rotatable bonds is 6. The summed E-state index contributed by atoms with van der Waals surface area (Å²) in [6.45, 7) is 5.95. The number of esters is 1. The van der Waals surface area contributed by atoms with Gasteiger partial charge in [0.25, 0.3) is 0 Å². The van der Waals surface area contributed by atoms with E-state index in [1.54, 1.807) is 13.0 Å². The zero-order chi connectivity index (χ0) is 19.6. The molecule has 1 saturated carbocycles. The molecular formula is C22H30F2O3. The van der Waals surface area contributed by atoms with Crippen LogP contribution in [-0.2, 0) is 11.2 Å². The van der Waals surface area contributed by atoms with E-state index in [4.69, 9.17) is 9.47 Å². The Labute approximate surface area is 160 Å². The average Bonchev–Trinajstić information content (AvgIpc) is 2.60. The first-order valence-electron chi connectivity index (χ1n) is 10.3. The minimum Gasteiger partial charge on any atom is -0.432 e. The van der Waals surface area contributed by atoms with Crippen LogP contribution >= 0.6 is 0 Å². The summed E-state index contributed by atoms with van der Waals surface area (Å²) >= 11 is 0. The number of carbonyl (C=O) groups is 1. The second-order valence-electron chi connectivity index (χ2n) is 8.09. The average molecular weight is 380 g/mol. The fraction of sp³-hybridized carbons (Fsp3) is 0.682. The highest BCUT2D eigenvalue weighted by molar-refractivity contribution is 5.73. The Morgan fingerprint density at radius 1 is 1.26 bits per heavy atom. The molecule has 1 aliphatic carbocycles. The Kier molecular flexibility index (Phi) is 6.07. The van der Waals surface area contributed by atoms with Gasteiger partial charge in [-0.25, -0.2) is 0 Å². The van der Waals surface area contributed by atoms with E-state index in [0.29, 0.717) is 30.1 Å². The van der Waals surface area contributed by atoms with Gasteiger partial charge < -0.3 is 9.47 Å². The van der Waals surface area contributed by atoms with Crippen molar-refractivity contribution in [3.63, 3.8) is 0 Å². The van der Waals surface area contributed by atoms with Crippen molar-refractivity contribution in [1.82, 2.24) is 0 Å². The molecule has 5 heteroatoms. The summed E-state index contributed by atoms with van der Waals surface area (Å²) in [5.74, 6) is -0.552. The number of ether oxygens (including phenoxy) is 2. The third-order valence-electron chi connectivity index (χ3n) is 5.91. The molecule has 3 atom stereocenters.